The minimum Gasteiger partial charge on any atom is -0.442 e. The molecule has 0 saturated heterocycles. The number of oxazole rings is 1. The van der Waals surface area contributed by atoms with Crippen molar-refractivity contribution in [3.8, 4) is 11.5 Å². The van der Waals surface area contributed by atoms with Gasteiger partial charge >= 0.3 is 0 Å². The molecule has 7 nitrogen and oxygen atoms in total. The molecule has 0 radical (unpaired) electrons. The molecule has 26 heavy (non-hydrogen) atoms. The first-order valence-electron chi connectivity index (χ1n) is 8.80. The standard InChI is InChI=1S/C19H20N4O3/c24-10-12-1-3-13(4-2-12)19(25)23-18-7-16-14(8-21-18)5-6-15(22-16)17-9-20-11-26-17/h5-9,11-13,24H,1-4,10H2,(H,21,23,25)/t12-,13-. The summed E-state index contributed by atoms with van der Waals surface area (Å²) in [5.41, 5.74) is 1.41. The molecule has 3 aromatic rings. The first-order chi connectivity index (χ1) is 12.7. The topological polar surface area (TPSA) is 101 Å². The van der Waals surface area contributed by atoms with E-state index in [9.17, 15) is 9.90 Å². The van der Waals surface area contributed by atoms with Crippen molar-refractivity contribution in [3.05, 3.63) is 37.0 Å². The van der Waals surface area contributed by atoms with Crippen molar-refractivity contribution in [2.45, 2.75) is 25.7 Å². The molecule has 0 atom stereocenters. The molecule has 0 aliphatic heterocycles. The number of aliphatic hydroxyl groups is 1. The van der Waals surface area contributed by atoms with Gasteiger partial charge < -0.3 is 14.8 Å². The van der Waals surface area contributed by atoms with Gasteiger partial charge in [0.1, 0.15) is 11.5 Å². The number of rotatable bonds is 4. The SMILES string of the molecule is O=C(Nc1cc2nc(-c3cnco3)ccc2cn1)[C@H]1CC[C@H](CO)CC1. The lowest BCUT2D eigenvalue weighted by Gasteiger charge is -2.26. The van der Waals surface area contributed by atoms with Crippen LogP contribution < -0.4 is 5.32 Å². The fourth-order valence-electron chi connectivity index (χ4n) is 3.40. The molecular formula is C19H20N4O3. The monoisotopic (exact) mass is 352 g/mol. The number of nitrogens with zero attached hydrogens (tertiary/aromatic N) is 3. The summed E-state index contributed by atoms with van der Waals surface area (Å²) in [5.74, 6) is 1.38. The maximum Gasteiger partial charge on any atom is 0.228 e. The van der Waals surface area contributed by atoms with E-state index in [0.29, 0.717) is 23.2 Å². The highest BCUT2D eigenvalue weighted by molar-refractivity contribution is 5.93. The molecular weight excluding hydrogens is 332 g/mol. The number of amides is 1. The Kier molecular flexibility index (Phi) is 4.62. The van der Waals surface area contributed by atoms with Crippen molar-refractivity contribution < 1.29 is 14.3 Å². The van der Waals surface area contributed by atoms with Crippen molar-refractivity contribution in [1.29, 1.82) is 0 Å². The van der Waals surface area contributed by atoms with Crippen LogP contribution in [0.1, 0.15) is 25.7 Å². The van der Waals surface area contributed by atoms with Crippen molar-refractivity contribution in [2.24, 2.45) is 11.8 Å². The van der Waals surface area contributed by atoms with Gasteiger partial charge in [-0.05, 0) is 43.7 Å². The van der Waals surface area contributed by atoms with Gasteiger partial charge in [-0.3, -0.25) is 4.79 Å². The second-order valence-electron chi connectivity index (χ2n) is 6.71. The molecule has 3 heterocycles. The summed E-state index contributed by atoms with van der Waals surface area (Å²) < 4.78 is 5.28. The number of carbonyl (C=O) groups excluding carboxylic acids is 1. The summed E-state index contributed by atoms with van der Waals surface area (Å²) in [5, 5.41) is 13.0. The van der Waals surface area contributed by atoms with Crippen molar-refractivity contribution in [3.63, 3.8) is 0 Å². The van der Waals surface area contributed by atoms with Crippen LogP contribution in [0.4, 0.5) is 5.82 Å². The zero-order valence-corrected chi connectivity index (χ0v) is 14.3. The maximum atomic E-state index is 12.5. The van der Waals surface area contributed by atoms with E-state index in [0.717, 1.165) is 36.6 Å². The summed E-state index contributed by atoms with van der Waals surface area (Å²) in [6, 6.07) is 5.53. The van der Waals surface area contributed by atoms with Crippen molar-refractivity contribution >= 4 is 22.6 Å². The number of nitrogens with one attached hydrogen (secondary N) is 1. The third kappa shape index (κ3) is 3.43. The van der Waals surface area contributed by atoms with Crippen molar-refractivity contribution in [2.75, 3.05) is 11.9 Å². The number of pyridine rings is 2. The van der Waals surface area contributed by atoms with E-state index in [1.54, 1.807) is 18.5 Å². The maximum absolute atomic E-state index is 12.5. The van der Waals surface area contributed by atoms with Gasteiger partial charge in [-0.25, -0.2) is 15.0 Å². The molecule has 0 aromatic carbocycles. The molecule has 3 aromatic heterocycles. The lowest BCUT2D eigenvalue weighted by Crippen LogP contribution is -2.28. The second kappa shape index (κ2) is 7.21. The van der Waals surface area contributed by atoms with Crippen LogP contribution in [0.15, 0.2) is 41.4 Å². The number of carbonyl (C=O) groups is 1. The third-order valence-electron chi connectivity index (χ3n) is 4.99. The van der Waals surface area contributed by atoms with Gasteiger partial charge in [0.05, 0.1) is 11.7 Å². The molecule has 4 rings (SSSR count). The van der Waals surface area contributed by atoms with Gasteiger partial charge in [-0.15, -0.1) is 0 Å². The van der Waals surface area contributed by atoms with Gasteiger partial charge in [0, 0.05) is 30.2 Å². The number of hydrogen-bond acceptors (Lipinski definition) is 6. The van der Waals surface area contributed by atoms with Gasteiger partial charge in [-0.2, -0.15) is 0 Å². The Morgan fingerprint density at radius 3 is 2.81 bits per heavy atom. The Hall–Kier alpha value is -2.80. The molecule has 1 fully saturated rings. The quantitative estimate of drug-likeness (QED) is 0.748. The highest BCUT2D eigenvalue weighted by Crippen LogP contribution is 2.29. The Labute approximate surface area is 150 Å². The van der Waals surface area contributed by atoms with Gasteiger partial charge in [0.15, 0.2) is 12.2 Å². The van der Waals surface area contributed by atoms with Crippen LogP contribution in [-0.4, -0.2) is 32.6 Å². The number of hydrogen-bond donors (Lipinski definition) is 2. The number of aromatic nitrogens is 3. The largest absolute Gasteiger partial charge is 0.442 e. The molecule has 1 aliphatic carbocycles. The highest BCUT2D eigenvalue weighted by Gasteiger charge is 2.26. The van der Waals surface area contributed by atoms with Crippen LogP contribution in [0.3, 0.4) is 0 Å². The van der Waals surface area contributed by atoms with Crippen molar-refractivity contribution in [1.82, 2.24) is 15.0 Å². The molecule has 0 spiro atoms. The average molecular weight is 352 g/mol. The van der Waals surface area contributed by atoms with Gasteiger partial charge in [-0.1, -0.05) is 0 Å². The smallest absolute Gasteiger partial charge is 0.228 e. The van der Waals surface area contributed by atoms with Gasteiger partial charge in [0.2, 0.25) is 5.91 Å². The zero-order chi connectivity index (χ0) is 17.9. The predicted octanol–water partition coefficient (Wildman–Crippen LogP) is 3.02. The first kappa shape index (κ1) is 16.7. The van der Waals surface area contributed by atoms with E-state index < -0.39 is 0 Å². The molecule has 0 bridgehead atoms. The van der Waals surface area contributed by atoms with E-state index in [2.05, 4.69) is 20.3 Å². The van der Waals surface area contributed by atoms with E-state index in [-0.39, 0.29) is 18.4 Å². The van der Waals surface area contributed by atoms with Crippen LogP contribution in [-0.2, 0) is 4.79 Å². The number of aliphatic hydroxyl groups excluding tert-OH is 1. The van der Waals surface area contributed by atoms with Crippen LogP contribution in [0.5, 0.6) is 0 Å². The Morgan fingerprint density at radius 1 is 1.23 bits per heavy atom. The molecule has 1 amide bonds. The normalized spacial score (nSPS) is 20.2. The second-order valence-corrected chi connectivity index (χ2v) is 6.71. The summed E-state index contributed by atoms with van der Waals surface area (Å²) in [7, 11) is 0. The van der Waals surface area contributed by atoms with E-state index >= 15 is 0 Å². The van der Waals surface area contributed by atoms with Crippen LogP contribution in [0, 0.1) is 11.8 Å². The lowest BCUT2D eigenvalue weighted by molar-refractivity contribution is -0.121. The molecule has 134 valence electrons. The Bertz CT molecular complexity index is 902. The first-order valence-corrected chi connectivity index (χ1v) is 8.80. The van der Waals surface area contributed by atoms with Crippen LogP contribution in [0.2, 0.25) is 0 Å². The fraction of sp³-hybridized carbons (Fsp3) is 0.368. The molecule has 1 saturated carbocycles. The van der Waals surface area contributed by atoms with Crippen LogP contribution >= 0.6 is 0 Å². The van der Waals surface area contributed by atoms with E-state index in [1.165, 1.54) is 6.39 Å². The Balaban J connectivity index is 1.50. The van der Waals surface area contributed by atoms with E-state index in [1.807, 2.05) is 12.1 Å². The van der Waals surface area contributed by atoms with Crippen LogP contribution in [0.25, 0.3) is 22.4 Å². The highest BCUT2D eigenvalue weighted by atomic mass is 16.3. The summed E-state index contributed by atoms with van der Waals surface area (Å²) in [4.78, 5) is 25.3. The lowest BCUT2D eigenvalue weighted by atomic mass is 9.82. The molecule has 7 heteroatoms. The summed E-state index contributed by atoms with van der Waals surface area (Å²) in [6.45, 7) is 0.208. The summed E-state index contributed by atoms with van der Waals surface area (Å²) >= 11 is 0. The fourth-order valence-corrected chi connectivity index (χ4v) is 3.40. The van der Waals surface area contributed by atoms with Gasteiger partial charge in [0.25, 0.3) is 0 Å². The number of anilines is 1. The summed E-state index contributed by atoms with van der Waals surface area (Å²) in [6.07, 6.45) is 8.07. The zero-order valence-electron chi connectivity index (χ0n) is 14.3. The molecule has 0 unspecified atom stereocenters. The Morgan fingerprint density at radius 2 is 2.08 bits per heavy atom. The minimum atomic E-state index is -0.0243. The number of fused-ring (bicyclic) bond motifs is 1. The predicted molar refractivity (Wildman–Crippen MR) is 96.2 cm³/mol. The average Bonchev–Trinajstić information content (AvgIpc) is 3.22. The molecule has 2 N–H and O–H groups in total. The van der Waals surface area contributed by atoms with E-state index in [4.69, 9.17) is 4.42 Å². The third-order valence-corrected chi connectivity index (χ3v) is 4.99. The minimum absolute atomic E-state index is 0.0142. The molecule has 1 aliphatic rings.